The van der Waals surface area contributed by atoms with Crippen LogP contribution < -0.4 is 10.2 Å². The third-order valence-electron chi connectivity index (χ3n) is 8.47. The molecule has 156 valence electrons. The van der Waals surface area contributed by atoms with E-state index in [9.17, 15) is 9.90 Å². The maximum Gasteiger partial charge on any atom is 0.254 e. The first-order valence-corrected chi connectivity index (χ1v) is 11.7. The predicted molar refractivity (Wildman–Crippen MR) is 110 cm³/mol. The van der Waals surface area contributed by atoms with Crippen molar-refractivity contribution in [2.45, 2.75) is 81.8 Å². The van der Waals surface area contributed by atoms with E-state index in [1.165, 1.54) is 19.3 Å². The third-order valence-corrected chi connectivity index (χ3v) is 8.47. The summed E-state index contributed by atoms with van der Waals surface area (Å²) in [5.74, 6) is 2.69. The molecule has 1 aromatic rings. The Kier molecular flexibility index (Phi) is 4.16. The van der Waals surface area contributed by atoms with E-state index in [1.807, 2.05) is 0 Å². The molecule has 2 unspecified atom stereocenters. The molecule has 2 heterocycles. The van der Waals surface area contributed by atoms with Crippen molar-refractivity contribution >= 4 is 11.9 Å². The number of amides is 1. The molecule has 6 heteroatoms. The molecule has 29 heavy (non-hydrogen) atoms. The molecule has 6 fully saturated rings. The molecule has 5 aliphatic carbocycles. The Morgan fingerprint density at radius 2 is 1.83 bits per heavy atom. The summed E-state index contributed by atoms with van der Waals surface area (Å²) in [5.41, 5.74) is 1.20. The number of anilines is 1. The van der Waals surface area contributed by atoms with Crippen LogP contribution >= 0.6 is 0 Å². The van der Waals surface area contributed by atoms with Gasteiger partial charge in [-0.15, -0.1) is 0 Å². The average molecular weight is 397 g/mol. The quantitative estimate of drug-likeness (QED) is 0.818. The SMILES string of the molecule is O=C(N[C@H]1C2CC3CC1C[C@@](O)(C3)C2)c1cnc(N2CCC2)nc1C1CCCC1. The number of nitrogens with one attached hydrogen (secondary N) is 1. The van der Waals surface area contributed by atoms with Crippen molar-refractivity contribution in [2.24, 2.45) is 17.8 Å². The Hall–Kier alpha value is -1.69. The van der Waals surface area contributed by atoms with E-state index in [0.717, 1.165) is 69.7 Å². The van der Waals surface area contributed by atoms with E-state index in [-0.39, 0.29) is 11.9 Å². The van der Waals surface area contributed by atoms with Crippen molar-refractivity contribution in [1.29, 1.82) is 0 Å². The fourth-order valence-electron chi connectivity index (χ4n) is 7.19. The van der Waals surface area contributed by atoms with Gasteiger partial charge in [0.15, 0.2) is 0 Å². The smallest absolute Gasteiger partial charge is 0.254 e. The minimum Gasteiger partial charge on any atom is -0.390 e. The standard InChI is InChI=1S/C23H32N4O2/c28-21(25-19-16-8-14-9-17(19)12-23(29,10-14)11-16)18-13-24-22(27-6-3-7-27)26-20(18)15-4-1-2-5-15/h13-17,19,29H,1-12H2,(H,25,28)/t14?,16?,17?,19-,23+. The fraction of sp³-hybridized carbons (Fsp3) is 0.783. The molecule has 4 bridgehead atoms. The lowest BCUT2D eigenvalue weighted by molar-refractivity contribution is -0.136. The van der Waals surface area contributed by atoms with Crippen molar-refractivity contribution in [1.82, 2.24) is 15.3 Å². The number of aliphatic hydroxyl groups is 1. The molecular weight excluding hydrogens is 364 g/mol. The summed E-state index contributed by atoms with van der Waals surface area (Å²) < 4.78 is 0. The van der Waals surface area contributed by atoms with E-state index in [1.54, 1.807) is 6.20 Å². The zero-order chi connectivity index (χ0) is 19.6. The normalized spacial score (nSPS) is 38.3. The number of nitrogens with zero attached hydrogens (tertiary/aromatic N) is 3. The molecular formula is C23H32N4O2. The molecule has 2 atom stereocenters. The lowest BCUT2D eigenvalue weighted by Crippen LogP contribution is -2.61. The van der Waals surface area contributed by atoms with Crippen LogP contribution in [0, 0.1) is 17.8 Å². The monoisotopic (exact) mass is 396 g/mol. The lowest BCUT2D eigenvalue weighted by atomic mass is 9.52. The summed E-state index contributed by atoms with van der Waals surface area (Å²) in [6, 6.07) is 0.200. The second-order valence-electron chi connectivity index (χ2n) is 10.5. The van der Waals surface area contributed by atoms with Gasteiger partial charge in [-0.25, -0.2) is 9.97 Å². The maximum atomic E-state index is 13.4. The van der Waals surface area contributed by atoms with Crippen LogP contribution in [0.2, 0.25) is 0 Å². The lowest BCUT2D eigenvalue weighted by Gasteiger charge is -2.58. The summed E-state index contributed by atoms with van der Waals surface area (Å²) in [6.07, 6.45) is 12.7. The molecule has 1 amide bonds. The number of aromatic nitrogens is 2. The summed E-state index contributed by atoms with van der Waals surface area (Å²) >= 11 is 0. The Labute approximate surface area is 172 Å². The molecule has 5 saturated carbocycles. The van der Waals surface area contributed by atoms with E-state index >= 15 is 0 Å². The number of hydrogen-bond acceptors (Lipinski definition) is 5. The maximum absolute atomic E-state index is 13.4. The topological polar surface area (TPSA) is 78.3 Å². The first kappa shape index (κ1) is 18.1. The zero-order valence-corrected chi connectivity index (χ0v) is 17.1. The predicted octanol–water partition coefficient (Wildman–Crippen LogP) is 3.01. The summed E-state index contributed by atoms with van der Waals surface area (Å²) in [4.78, 5) is 25.1. The van der Waals surface area contributed by atoms with E-state index in [2.05, 4.69) is 15.2 Å². The minimum absolute atomic E-state index is 0.00604. The highest BCUT2D eigenvalue weighted by Gasteiger charge is 2.55. The number of carbonyl (C=O) groups is 1. The van der Waals surface area contributed by atoms with E-state index in [0.29, 0.717) is 29.2 Å². The molecule has 6 nitrogen and oxygen atoms in total. The largest absolute Gasteiger partial charge is 0.390 e. The summed E-state index contributed by atoms with van der Waals surface area (Å²) in [5, 5.41) is 14.2. The van der Waals surface area contributed by atoms with Gasteiger partial charge < -0.3 is 15.3 Å². The van der Waals surface area contributed by atoms with Crippen molar-refractivity contribution in [2.75, 3.05) is 18.0 Å². The van der Waals surface area contributed by atoms with E-state index in [4.69, 9.17) is 4.98 Å². The molecule has 0 spiro atoms. The van der Waals surface area contributed by atoms with Gasteiger partial charge in [-0.3, -0.25) is 4.79 Å². The van der Waals surface area contributed by atoms with Gasteiger partial charge in [0.05, 0.1) is 16.9 Å². The van der Waals surface area contributed by atoms with E-state index < -0.39 is 5.60 Å². The van der Waals surface area contributed by atoms with Crippen LogP contribution in [0.4, 0.5) is 5.95 Å². The molecule has 1 aliphatic heterocycles. The van der Waals surface area contributed by atoms with Crippen LogP contribution in [0.1, 0.15) is 86.2 Å². The number of rotatable bonds is 4. The molecule has 6 aliphatic rings. The molecule has 0 radical (unpaired) electrons. The van der Waals surface area contributed by atoms with Gasteiger partial charge in [0.1, 0.15) is 0 Å². The van der Waals surface area contributed by atoms with Crippen molar-refractivity contribution in [3.05, 3.63) is 17.5 Å². The van der Waals surface area contributed by atoms with Crippen molar-refractivity contribution in [3.63, 3.8) is 0 Å². The molecule has 7 rings (SSSR count). The number of hydrogen-bond donors (Lipinski definition) is 2. The van der Waals surface area contributed by atoms with Crippen LogP contribution in [0.5, 0.6) is 0 Å². The van der Waals surface area contributed by atoms with Gasteiger partial charge in [0, 0.05) is 31.2 Å². The zero-order valence-electron chi connectivity index (χ0n) is 17.1. The minimum atomic E-state index is -0.464. The Bertz CT molecular complexity index is 801. The van der Waals surface area contributed by atoms with Crippen molar-refractivity contribution < 1.29 is 9.90 Å². The van der Waals surface area contributed by atoms with Crippen LogP contribution in [0.15, 0.2) is 6.20 Å². The summed E-state index contributed by atoms with van der Waals surface area (Å²) in [6.45, 7) is 2.04. The van der Waals surface area contributed by atoms with Crippen LogP contribution in [-0.2, 0) is 0 Å². The Morgan fingerprint density at radius 3 is 2.45 bits per heavy atom. The van der Waals surface area contributed by atoms with Gasteiger partial charge in [-0.05, 0) is 69.1 Å². The van der Waals surface area contributed by atoms with Gasteiger partial charge in [0.25, 0.3) is 5.91 Å². The van der Waals surface area contributed by atoms with Crippen LogP contribution in [0.25, 0.3) is 0 Å². The number of carbonyl (C=O) groups excluding carboxylic acids is 1. The first-order valence-electron chi connectivity index (χ1n) is 11.7. The Morgan fingerprint density at radius 1 is 1.10 bits per heavy atom. The molecule has 0 aromatic carbocycles. The van der Waals surface area contributed by atoms with Gasteiger partial charge in [-0.1, -0.05) is 12.8 Å². The van der Waals surface area contributed by atoms with Crippen molar-refractivity contribution in [3.8, 4) is 0 Å². The van der Waals surface area contributed by atoms with Crippen LogP contribution in [0.3, 0.4) is 0 Å². The highest BCUT2D eigenvalue weighted by atomic mass is 16.3. The average Bonchev–Trinajstić information content (AvgIpc) is 3.16. The highest BCUT2D eigenvalue weighted by molar-refractivity contribution is 5.95. The molecule has 1 saturated heterocycles. The fourth-order valence-corrected chi connectivity index (χ4v) is 7.19. The Balaban J connectivity index is 1.26. The van der Waals surface area contributed by atoms with Gasteiger partial charge in [-0.2, -0.15) is 0 Å². The highest BCUT2D eigenvalue weighted by Crippen LogP contribution is 2.55. The second-order valence-corrected chi connectivity index (χ2v) is 10.5. The molecule has 1 aromatic heterocycles. The second kappa shape index (κ2) is 6.66. The summed E-state index contributed by atoms with van der Waals surface area (Å²) in [7, 11) is 0. The van der Waals surface area contributed by atoms with Gasteiger partial charge in [0.2, 0.25) is 5.95 Å². The van der Waals surface area contributed by atoms with Crippen LogP contribution in [-0.4, -0.2) is 45.7 Å². The third kappa shape index (κ3) is 3.06. The molecule has 2 N–H and O–H groups in total. The van der Waals surface area contributed by atoms with Gasteiger partial charge >= 0.3 is 0 Å². The first-order chi connectivity index (χ1) is 14.1.